The van der Waals surface area contributed by atoms with Gasteiger partial charge in [0.2, 0.25) is 5.95 Å². The number of fused-ring (bicyclic) bond motifs is 1. The third-order valence-electron chi connectivity index (χ3n) is 4.12. The number of pyridine rings is 2. The molecule has 2 N–H and O–H groups in total. The summed E-state index contributed by atoms with van der Waals surface area (Å²) >= 11 is 0. The number of anilines is 2. The third-order valence-corrected chi connectivity index (χ3v) is 4.12. The van der Waals surface area contributed by atoms with E-state index in [9.17, 15) is 4.79 Å². The quantitative estimate of drug-likeness (QED) is 0.559. The lowest BCUT2D eigenvalue weighted by Crippen LogP contribution is -2.24. The molecule has 1 amide bonds. The number of nitrogens with zero attached hydrogens (tertiary/aromatic N) is 4. The fourth-order valence-electron chi connectivity index (χ4n) is 2.83. The van der Waals surface area contributed by atoms with E-state index in [0.29, 0.717) is 23.9 Å². The number of hydrogen-bond acceptors (Lipinski definition) is 6. The van der Waals surface area contributed by atoms with Crippen molar-refractivity contribution in [2.24, 2.45) is 0 Å². The number of carbonyl (C=O) groups excluding carboxylic acids is 1. The number of rotatable bonds is 5. The van der Waals surface area contributed by atoms with Gasteiger partial charge in [0.15, 0.2) is 0 Å². The zero-order valence-electron chi connectivity index (χ0n) is 15.3. The van der Waals surface area contributed by atoms with E-state index in [2.05, 4.69) is 30.6 Å². The van der Waals surface area contributed by atoms with Gasteiger partial charge in [0, 0.05) is 23.5 Å². The summed E-state index contributed by atoms with van der Waals surface area (Å²) in [5, 5.41) is 7.02. The van der Waals surface area contributed by atoms with Crippen molar-refractivity contribution < 1.29 is 4.79 Å². The van der Waals surface area contributed by atoms with Crippen LogP contribution < -0.4 is 10.6 Å². The summed E-state index contributed by atoms with van der Waals surface area (Å²) in [6, 6.07) is 16.9. The molecule has 0 aliphatic heterocycles. The Hall–Kier alpha value is -3.87. The second-order valence-electron chi connectivity index (χ2n) is 6.23. The molecule has 0 aliphatic rings. The number of para-hydroxylation sites is 1. The highest BCUT2D eigenvalue weighted by atomic mass is 16.1. The predicted molar refractivity (Wildman–Crippen MR) is 107 cm³/mol. The maximum absolute atomic E-state index is 12.5. The fourth-order valence-corrected chi connectivity index (χ4v) is 2.83. The number of amides is 1. The number of hydrogen-bond donors (Lipinski definition) is 2. The molecule has 7 heteroatoms. The van der Waals surface area contributed by atoms with Gasteiger partial charge in [-0.3, -0.25) is 14.8 Å². The van der Waals surface area contributed by atoms with Crippen LogP contribution in [0.3, 0.4) is 0 Å². The highest BCUT2D eigenvalue weighted by molar-refractivity contribution is 5.93. The van der Waals surface area contributed by atoms with Crippen molar-refractivity contribution in [3.05, 3.63) is 84.1 Å². The Morgan fingerprint density at radius 2 is 1.82 bits per heavy atom. The molecule has 0 aliphatic carbocycles. The van der Waals surface area contributed by atoms with Crippen molar-refractivity contribution in [1.29, 1.82) is 0 Å². The highest BCUT2D eigenvalue weighted by Crippen LogP contribution is 2.23. The molecule has 0 spiro atoms. The van der Waals surface area contributed by atoms with Crippen LogP contribution in [0.1, 0.15) is 21.9 Å². The van der Waals surface area contributed by atoms with E-state index in [-0.39, 0.29) is 5.91 Å². The molecule has 0 saturated carbocycles. The first-order chi connectivity index (χ1) is 13.7. The minimum absolute atomic E-state index is 0.282. The van der Waals surface area contributed by atoms with Crippen molar-refractivity contribution in [2.75, 3.05) is 5.32 Å². The Balaban J connectivity index is 1.56. The van der Waals surface area contributed by atoms with Crippen LogP contribution >= 0.6 is 0 Å². The second kappa shape index (κ2) is 7.79. The van der Waals surface area contributed by atoms with Crippen LogP contribution in [0, 0.1) is 6.92 Å². The van der Waals surface area contributed by atoms with E-state index in [1.807, 2.05) is 55.5 Å². The Morgan fingerprint density at radius 3 is 2.68 bits per heavy atom. The van der Waals surface area contributed by atoms with Gasteiger partial charge in [-0.05, 0) is 37.3 Å². The molecule has 138 valence electrons. The molecule has 3 heterocycles. The van der Waals surface area contributed by atoms with Crippen molar-refractivity contribution in [3.8, 4) is 0 Å². The van der Waals surface area contributed by atoms with Gasteiger partial charge in [-0.1, -0.05) is 24.3 Å². The summed E-state index contributed by atoms with van der Waals surface area (Å²) in [4.78, 5) is 29.9. The van der Waals surface area contributed by atoms with E-state index in [1.165, 1.54) is 0 Å². The second-order valence-corrected chi connectivity index (χ2v) is 6.23. The van der Waals surface area contributed by atoms with Gasteiger partial charge in [-0.15, -0.1) is 0 Å². The SMILES string of the molecule is Cc1cc(C(=O)NCc2ccccn2)nc(Nc2cccc3cccnc23)n1. The van der Waals surface area contributed by atoms with Gasteiger partial charge in [-0.25, -0.2) is 9.97 Å². The van der Waals surface area contributed by atoms with E-state index in [4.69, 9.17) is 0 Å². The van der Waals surface area contributed by atoms with Gasteiger partial charge in [0.25, 0.3) is 5.91 Å². The number of aromatic nitrogens is 4. The number of carbonyl (C=O) groups is 1. The Morgan fingerprint density at radius 1 is 0.964 bits per heavy atom. The predicted octanol–water partition coefficient (Wildman–Crippen LogP) is 3.40. The van der Waals surface area contributed by atoms with E-state index in [1.54, 1.807) is 18.5 Å². The molecule has 0 unspecified atom stereocenters. The lowest BCUT2D eigenvalue weighted by Gasteiger charge is -2.10. The summed E-state index contributed by atoms with van der Waals surface area (Å²) in [7, 11) is 0. The molecule has 7 nitrogen and oxygen atoms in total. The van der Waals surface area contributed by atoms with Crippen molar-refractivity contribution in [2.45, 2.75) is 13.5 Å². The first-order valence-corrected chi connectivity index (χ1v) is 8.83. The standard InChI is InChI=1S/C21H18N6O/c1-14-12-18(20(28)24-13-16-8-2-3-10-22-16)27-21(25-14)26-17-9-4-6-15-7-5-11-23-19(15)17/h2-12H,13H2,1H3,(H,24,28)(H,25,26,27). The zero-order chi connectivity index (χ0) is 19.3. The first-order valence-electron chi connectivity index (χ1n) is 8.83. The van der Waals surface area contributed by atoms with Crippen LogP contribution in [-0.2, 0) is 6.54 Å². The number of nitrogens with one attached hydrogen (secondary N) is 2. The molecule has 0 fully saturated rings. The number of aryl methyl sites for hydroxylation is 1. The summed E-state index contributed by atoms with van der Waals surface area (Å²) in [5.74, 6) is 0.0661. The average Bonchev–Trinajstić information content (AvgIpc) is 2.72. The maximum Gasteiger partial charge on any atom is 0.270 e. The van der Waals surface area contributed by atoms with Crippen LogP contribution in [0.2, 0.25) is 0 Å². The Labute approximate surface area is 161 Å². The van der Waals surface area contributed by atoms with Gasteiger partial charge < -0.3 is 10.6 Å². The summed E-state index contributed by atoms with van der Waals surface area (Å²) in [6.45, 7) is 2.16. The molecule has 0 atom stereocenters. The van der Waals surface area contributed by atoms with Crippen LogP contribution in [-0.4, -0.2) is 25.8 Å². The van der Waals surface area contributed by atoms with Gasteiger partial charge in [0.05, 0.1) is 23.4 Å². The molecule has 1 aromatic carbocycles. The molecule has 28 heavy (non-hydrogen) atoms. The van der Waals surface area contributed by atoms with Gasteiger partial charge in [0.1, 0.15) is 5.69 Å². The topological polar surface area (TPSA) is 92.7 Å². The first kappa shape index (κ1) is 17.5. The lowest BCUT2D eigenvalue weighted by molar-refractivity contribution is 0.0945. The molecule has 0 radical (unpaired) electrons. The van der Waals surface area contributed by atoms with Gasteiger partial charge in [-0.2, -0.15) is 0 Å². The van der Waals surface area contributed by atoms with Gasteiger partial charge >= 0.3 is 0 Å². The molecule has 0 saturated heterocycles. The Kier molecular flexibility index (Phi) is 4.88. The summed E-state index contributed by atoms with van der Waals surface area (Å²) in [6.07, 6.45) is 3.43. The maximum atomic E-state index is 12.5. The van der Waals surface area contributed by atoms with Crippen molar-refractivity contribution >= 4 is 28.4 Å². The monoisotopic (exact) mass is 370 g/mol. The number of benzene rings is 1. The molecular weight excluding hydrogens is 352 g/mol. The molecule has 4 rings (SSSR count). The van der Waals surface area contributed by atoms with E-state index >= 15 is 0 Å². The van der Waals surface area contributed by atoms with Crippen molar-refractivity contribution in [3.63, 3.8) is 0 Å². The van der Waals surface area contributed by atoms with Crippen LogP contribution in [0.15, 0.2) is 67.0 Å². The van der Waals surface area contributed by atoms with Crippen molar-refractivity contribution in [1.82, 2.24) is 25.3 Å². The third kappa shape index (κ3) is 3.93. The smallest absolute Gasteiger partial charge is 0.270 e. The Bertz CT molecular complexity index is 1120. The summed E-state index contributed by atoms with van der Waals surface area (Å²) in [5.41, 5.74) is 3.36. The minimum atomic E-state index is -0.282. The molecule has 4 aromatic rings. The molecular formula is C21H18N6O. The van der Waals surface area contributed by atoms with E-state index in [0.717, 1.165) is 22.3 Å². The normalized spacial score (nSPS) is 10.6. The summed E-state index contributed by atoms with van der Waals surface area (Å²) < 4.78 is 0. The highest BCUT2D eigenvalue weighted by Gasteiger charge is 2.12. The van der Waals surface area contributed by atoms with Crippen LogP contribution in [0.25, 0.3) is 10.9 Å². The minimum Gasteiger partial charge on any atom is -0.345 e. The lowest BCUT2D eigenvalue weighted by atomic mass is 10.2. The average molecular weight is 370 g/mol. The van der Waals surface area contributed by atoms with Crippen LogP contribution in [0.4, 0.5) is 11.6 Å². The largest absolute Gasteiger partial charge is 0.345 e. The fraction of sp³-hybridized carbons (Fsp3) is 0.0952. The molecule has 0 bridgehead atoms. The van der Waals surface area contributed by atoms with E-state index < -0.39 is 0 Å². The zero-order valence-corrected chi connectivity index (χ0v) is 15.3. The molecule has 3 aromatic heterocycles. The van der Waals surface area contributed by atoms with Crippen LogP contribution in [0.5, 0.6) is 0 Å².